The highest BCUT2D eigenvalue weighted by Gasteiger charge is 2.07. The summed E-state index contributed by atoms with van der Waals surface area (Å²) in [7, 11) is 1.62. The number of ether oxygens (including phenoxy) is 1. The molecule has 19 heavy (non-hydrogen) atoms. The van der Waals surface area contributed by atoms with Gasteiger partial charge in [-0.3, -0.25) is 9.59 Å². The first-order valence-electron chi connectivity index (χ1n) is 5.96. The number of methoxy groups -OCH3 is 1. The minimum atomic E-state index is -0.364. The Morgan fingerprint density at radius 1 is 1.37 bits per heavy atom. The Labute approximate surface area is 112 Å². The van der Waals surface area contributed by atoms with Crippen LogP contribution in [-0.4, -0.2) is 32.0 Å². The molecule has 104 valence electrons. The Morgan fingerprint density at radius 2 is 2.11 bits per heavy atom. The molecule has 0 aromatic heterocycles. The summed E-state index contributed by atoms with van der Waals surface area (Å²) in [6, 6.07) is 7.35. The molecule has 0 bridgehead atoms. The third kappa shape index (κ3) is 5.07. The number of carbonyl (C=O) groups is 2. The van der Waals surface area contributed by atoms with Crippen molar-refractivity contribution in [2.24, 2.45) is 5.73 Å². The zero-order chi connectivity index (χ0) is 14.3. The number of anilines is 1. The van der Waals surface area contributed by atoms with Crippen LogP contribution in [0.4, 0.5) is 5.69 Å². The molecule has 0 fully saturated rings. The van der Waals surface area contributed by atoms with E-state index in [9.17, 15) is 9.59 Å². The summed E-state index contributed by atoms with van der Waals surface area (Å²) in [6.07, 6.45) is -0.0474. The van der Waals surface area contributed by atoms with Crippen molar-refractivity contribution < 1.29 is 14.3 Å². The van der Waals surface area contributed by atoms with Gasteiger partial charge in [-0.1, -0.05) is 12.1 Å². The zero-order valence-electron chi connectivity index (χ0n) is 11.1. The van der Waals surface area contributed by atoms with Gasteiger partial charge in [-0.05, 0) is 24.6 Å². The maximum Gasteiger partial charge on any atom is 0.243 e. The monoisotopic (exact) mass is 265 g/mol. The van der Waals surface area contributed by atoms with E-state index in [-0.39, 0.29) is 31.0 Å². The van der Waals surface area contributed by atoms with Crippen molar-refractivity contribution in [3.63, 3.8) is 0 Å². The summed E-state index contributed by atoms with van der Waals surface area (Å²) in [5.74, 6) is -0.666. The molecule has 1 atom stereocenters. The van der Waals surface area contributed by atoms with Crippen molar-refractivity contribution >= 4 is 17.5 Å². The third-order valence-electron chi connectivity index (χ3n) is 2.62. The summed E-state index contributed by atoms with van der Waals surface area (Å²) in [5, 5.41) is 5.09. The molecule has 0 heterocycles. The lowest BCUT2D eigenvalue weighted by Crippen LogP contribution is -2.36. The average Bonchev–Trinajstić information content (AvgIpc) is 2.44. The molecule has 1 aromatic carbocycles. The molecule has 2 amide bonds. The molecule has 6 heteroatoms. The van der Waals surface area contributed by atoms with Gasteiger partial charge in [0.2, 0.25) is 11.8 Å². The van der Waals surface area contributed by atoms with Gasteiger partial charge in [-0.25, -0.2) is 0 Å². The molecule has 0 saturated carbocycles. The van der Waals surface area contributed by atoms with Crippen LogP contribution >= 0.6 is 0 Å². The maximum absolute atomic E-state index is 11.6. The van der Waals surface area contributed by atoms with E-state index >= 15 is 0 Å². The molecule has 0 spiro atoms. The topological polar surface area (TPSA) is 93.5 Å². The summed E-state index contributed by atoms with van der Waals surface area (Å²) in [6.45, 7) is 1.69. The van der Waals surface area contributed by atoms with Gasteiger partial charge in [-0.2, -0.15) is 0 Å². The van der Waals surface area contributed by atoms with E-state index in [1.54, 1.807) is 13.2 Å². The predicted octanol–water partition coefficient (Wildman–Crippen LogP) is 0.407. The van der Waals surface area contributed by atoms with E-state index in [4.69, 9.17) is 10.5 Å². The normalized spacial score (nSPS) is 11.7. The van der Waals surface area contributed by atoms with Crippen LogP contribution in [0.15, 0.2) is 24.3 Å². The largest absolute Gasteiger partial charge is 0.377 e. The van der Waals surface area contributed by atoms with Crippen LogP contribution in [0.1, 0.15) is 18.6 Å². The van der Waals surface area contributed by atoms with Crippen molar-refractivity contribution in [1.82, 2.24) is 5.32 Å². The van der Waals surface area contributed by atoms with Gasteiger partial charge in [0.25, 0.3) is 0 Å². The molecule has 0 saturated heterocycles. The highest BCUT2D eigenvalue weighted by molar-refractivity contribution is 5.94. The number of carbonyl (C=O) groups excluding carboxylic acids is 2. The standard InChI is InChI=1S/C13H19N3O3/c1-9(19-2)10-4-3-5-11(6-10)16-13(18)8-15-12(17)7-14/h3-6,9H,7-8,14H2,1-2H3,(H,15,17)(H,16,18). The van der Waals surface area contributed by atoms with Crippen molar-refractivity contribution in [2.45, 2.75) is 13.0 Å². The smallest absolute Gasteiger partial charge is 0.243 e. The molecular formula is C13H19N3O3. The van der Waals surface area contributed by atoms with Crippen LogP contribution in [0, 0.1) is 0 Å². The molecular weight excluding hydrogens is 246 g/mol. The van der Waals surface area contributed by atoms with Gasteiger partial charge in [0, 0.05) is 12.8 Å². The average molecular weight is 265 g/mol. The number of benzene rings is 1. The first-order chi connectivity index (χ1) is 9.06. The highest BCUT2D eigenvalue weighted by atomic mass is 16.5. The van der Waals surface area contributed by atoms with Crippen LogP contribution < -0.4 is 16.4 Å². The summed E-state index contributed by atoms with van der Waals surface area (Å²) >= 11 is 0. The molecule has 0 radical (unpaired) electrons. The lowest BCUT2D eigenvalue weighted by Gasteiger charge is -2.12. The maximum atomic E-state index is 11.6. The number of amides is 2. The molecule has 0 aliphatic rings. The van der Waals surface area contributed by atoms with Crippen molar-refractivity contribution in [3.05, 3.63) is 29.8 Å². The second-order valence-electron chi connectivity index (χ2n) is 4.03. The number of hydrogen-bond donors (Lipinski definition) is 3. The van der Waals surface area contributed by atoms with E-state index in [1.807, 2.05) is 25.1 Å². The third-order valence-corrected chi connectivity index (χ3v) is 2.62. The van der Waals surface area contributed by atoms with Crippen LogP contribution in [0.2, 0.25) is 0 Å². The lowest BCUT2D eigenvalue weighted by atomic mass is 10.1. The molecule has 0 aliphatic carbocycles. The summed E-state index contributed by atoms with van der Waals surface area (Å²) < 4.78 is 5.21. The Kier molecular flexibility index (Phi) is 5.98. The minimum Gasteiger partial charge on any atom is -0.377 e. The summed E-state index contributed by atoms with van der Waals surface area (Å²) in [4.78, 5) is 22.5. The molecule has 6 nitrogen and oxygen atoms in total. The van der Waals surface area contributed by atoms with Crippen molar-refractivity contribution in [1.29, 1.82) is 0 Å². The fourth-order valence-corrected chi connectivity index (χ4v) is 1.46. The first-order valence-corrected chi connectivity index (χ1v) is 5.96. The highest BCUT2D eigenvalue weighted by Crippen LogP contribution is 2.19. The Bertz CT molecular complexity index is 449. The van der Waals surface area contributed by atoms with E-state index in [2.05, 4.69) is 10.6 Å². The summed E-state index contributed by atoms with van der Waals surface area (Å²) in [5.41, 5.74) is 6.75. The fourth-order valence-electron chi connectivity index (χ4n) is 1.46. The molecule has 1 rings (SSSR count). The molecule has 1 unspecified atom stereocenters. The Hall–Kier alpha value is -1.92. The molecule has 0 aliphatic heterocycles. The number of nitrogens with one attached hydrogen (secondary N) is 2. The van der Waals surface area contributed by atoms with Gasteiger partial charge in [0.05, 0.1) is 19.2 Å². The zero-order valence-corrected chi connectivity index (χ0v) is 11.1. The SMILES string of the molecule is COC(C)c1cccc(NC(=O)CNC(=O)CN)c1. The number of nitrogens with two attached hydrogens (primary N) is 1. The van der Waals surface area contributed by atoms with Crippen molar-refractivity contribution in [3.8, 4) is 0 Å². The van der Waals surface area contributed by atoms with E-state index < -0.39 is 0 Å². The lowest BCUT2D eigenvalue weighted by molar-refractivity contribution is -0.123. The van der Waals surface area contributed by atoms with Crippen LogP contribution in [-0.2, 0) is 14.3 Å². The van der Waals surface area contributed by atoms with Gasteiger partial charge >= 0.3 is 0 Å². The van der Waals surface area contributed by atoms with Gasteiger partial charge in [-0.15, -0.1) is 0 Å². The van der Waals surface area contributed by atoms with E-state index in [1.165, 1.54) is 0 Å². The van der Waals surface area contributed by atoms with Crippen LogP contribution in [0.25, 0.3) is 0 Å². The minimum absolute atomic E-state index is 0.0474. The van der Waals surface area contributed by atoms with E-state index in [0.717, 1.165) is 5.56 Å². The quantitative estimate of drug-likeness (QED) is 0.694. The second-order valence-corrected chi connectivity index (χ2v) is 4.03. The fraction of sp³-hybridized carbons (Fsp3) is 0.385. The second kappa shape index (κ2) is 7.50. The van der Waals surface area contributed by atoms with Crippen LogP contribution in [0.5, 0.6) is 0 Å². The van der Waals surface area contributed by atoms with Gasteiger partial charge < -0.3 is 21.1 Å². The predicted molar refractivity (Wildman–Crippen MR) is 72.6 cm³/mol. The first kappa shape index (κ1) is 15.1. The number of hydrogen-bond acceptors (Lipinski definition) is 4. The van der Waals surface area contributed by atoms with Crippen LogP contribution in [0.3, 0.4) is 0 Å². The Balaban J connectivity index is 2.57. The Morgan fingerprint density at radius 3 is 2.74 bits per heavy atom. The van der Waals surface area contributed by atoms with Gasteiger partial charge in [0.15, 0.2) is 0 Å². The van der Waals surface area contributed by atoms with Crippen molar-refractivity contribution in [2.75, 3.05) is 25.5 Å². The number of rotatable bonds is 6. The van der Waals surface area contributed by atoms with E-state index in [0.29, 0.717) is 5.69 Å². The molecule has 1 aromatic rings. The van der Waals surface area contributed by atoms with Gasteiger partial charge in [0.1, 0.15) is 0 Å². The molecule has 4 N–H and O–H groups in total.